The van der Waals surface area contributed by atoms with Gasteiger partial charge in [0.15, 0.2) is 11.5 Å². The SMILES string of the molecule is CCOc1c(Br)cc2c(c1Cl)C(C)(C)CCC2=O. The lowest BCUT2D eigenvalue weighted by Gasteiger charge is -2.33. The summed E-state index contributed by atoms with van der Waals surface area (Å²) in [5, 5.41) is 0.569. The summed E-state index contributed by atoms with van der Waals surface area (Å²) in [5.74, 6) is 0.802. The lowest BCUT2D eigenvalue weighted by atomic mass is 9.72. The smallest absolute Gasteiger partial charge is 0.163 e. The summed E-state index contributed by atoms with van der Waals surface area (Å²) in [7, 11) is 0. The Morgan fingerprint density at radius 2 is 2.17 bits per heavy atom. The first-order chi connectivity index (χ1) is 8.38. The van der Waals surface area contributed by atoms with Crippen molar-refractivity contribution in [2.45, 2.75) is 39.0 Å². The van der Waals surface area contributed by atoms with Crippen molar-refractivity contribution in [3.8, 4) is 5.75 Å². The van der Waals surface area contributed by atoms with Crippen LogP contribution in [0.2, 0.25) is 5.02 Å². The molecule has 0 spiro atoms. The van der Waals surface area contributed by atoms with Crippen molar-refractivity contribution in [3.63, 3.8) is 0 Å². The van der Waals surface area contributed by atoms with Gasteiger partial charge in [-0.1, -0.05) is 25.4 Å². The third kappa shape index (κ3) is 2.19. The molecule has 0 heterocycles. The molecule has 0 saturated heterocycles. The summed E-state index contributed by atoms with van der Waals surface area (Å²) < 4.78 is 6.32. The second-order valence-corrected chi connectivity index (χ2v) is 6.40. The zero-order valence-electron chi connectivity index (χ0n) is 10.8. The predicted molar refractivity (Wildman–Crippen MR) is 76.9 cm³/mol. The summed E-state index contributed by atoms with van der Waals surface area (Å²) in [4.78, 5) is 12.0. The number of ether oxygens (including phenoxy) is 1. The first kappa shape index (κ1) is 13.9. The van der Waals surface area contributed by atoms with Crippen LogP contribution < -0.4 is 4.74 Å². The van der Waals surface area contributed by atoms with E-state index in [-0.39, 0.29) is 11.2 Å². The van der Waals surface area contributed by atoms with E-state index >= 15 is 0 Å². The highest BCUT2D eigenvalue weighted by molar-refractivity contribution is 9.10. The molecule has 0 radical (unpaired) electrons. The van der Waals surface area contributed by atoms with Crippen LogP contribution in [-0.2, 0) is 5.41 Å². The van der Waals surface area contributed by atoms with Gasteiger partial charge in [0.2, 0.25) is 0 Å². The van der Waals surface area contributed by atoms with Gasteiger partial charge >= 0.3 is 0 Å². The van der Waals surface area contributed by atoms with Crippen molar-refractivity contribution < 1.29 is 9.53 Å². The number of fused-ring (bicyclic) bond motifs is 1. The van der Waals surface area contributed by atoms with Gasteiger partial charge in [-0.05, 0) is 46.3 Å². The van der Waals surface area contributed by atoms with E-state index in [9.17, 15) is 4.79 Å². The number of benzene rings is 1. The number of Topliss-reactive ketones (excluding diaryl/α,β-unsaturated/α-hetero) is 1. The van der Waals surface area contributed by atoms with Gasteiger partial charge in [-0.25, -0.2) is 0 Å². The lowest BCUT2D eigenvalue weighted by molar-refractivity contribution is 0.0956. The van der Waals surface area contributed by atoms with E-state index < -0.39 is 0 Å². The molecule has 18 heavy (non-hydrogen) atoms. The number of ketones is 1. The van der Waals surface area contributed by atoms with Gasteiger partial charge < -0.3 is 4.74 Å². The number of carbonyl (C=O) groups excluding carboxylic acids is 1. The zero-order chi connectivity index (χ0) is 13.5. The van der Waals surface area contributed by atoms with Gasteiger partial charge in [0.05, 0.1) is 16.1 Å². The normalized spacial score (nSPS) is 17.5. The molecule has 98 valence electrons. The minimum Gasteiger partial charge on any atom is -0.491 e. The van der Waals surface area contributed by atoms with E-state index in [0.29, 0.717) is 23.8 Å². The molecule has 0 aromatic heterocycles. The standard InChI is InChI=1S/C14H16BrClO2/c1-4-18-13-9(15)7-8-10(17)5-6-14(2,3)11(8)12(13)16/h7H,4-6H2,1-3H3. The Hall–Kier alpha value is -0.540. The summed E-state index contributed by atoms with van der Waals surface area (Å²) in [5.41, 5.74) is 1.56. The highest BCUT2D eigenvalue weighted by Gasteiger charge is 2.35. The van der Waals surface area contributed by atoms with Crippen molar-refractivity contribution in [2.24, 2.45) is 0 Å². The Morgan fingerprint density at radius 1 is 1.50 bits per heavy atom. The first-order valence-corrected chi connectivity index (χ1v) is 7.24. The van der Waals surface area contributed by atoms with Crippen LogP contribution in [0.25, 0.3) is 0 Å². The van der Waals surface area contributed by atoms with Crippen molar-refractivity contribution in [1.82, 2.24) is 0 Å². The van der Waals surface area contributed by atoms with Crippen LogP contribution in [0.4, 0.5) is 0 Å². The van der Waals surface area contributed by atoms with Crippen LogP contribution in [-0.4, -0.2) is 12.4 Å². The molecule has 0 aliphatic heterocycles. The van der Waals surface area contributed by atoms with Gasteiger partial charge in [0.25, 0.3) is 0 Å². The first-order valence-electron chi connectivity index (χ1n) is 6.07. The molecule has 2 nitrogen and oxygen atoms in total. The molecule has 0 unspecified atom stereocenters. The molecule has 4 heteroatoms. The fourth-order valence-electron chi connectivity index (χ4n) is 2.44. The molecule has 0 saturated carbocycles. The zero-order valence-corrected chi connectivity index (χ0v) is 13.1. The maximum atomic E-state index is 12.0. The maximum Gasteiger partial charge on any atom is 0.163 e. The second kappa shape index (κ2) is 4.86. The molecule has 0 fully saturated rings. The minimum absolute atomic E-state index is 0.0904. The third-order valence-corrected chi connectivity index (χ3v) is 4.37. The van der Waals surface area contributed by atoms with Crippen molar-refractivity contribution in [3.05, 3.63) is 26.7 Å². The molecule has 1 aliphatic carbocycles. The van der Waals surface area contributed by atoms with E-state index in [4.69, 9.17) is 16.3 Å². The van der Waals surface area contributed by atoms with Crippen LogP contribution in [0.15, 0.2) is 10.5 Å². The van der Waals surface area contributed by atoms with Crippen molar-refractivity contribution >= 4 is 33.3 Å². The maximum absolute atomic E-state index is 12.0. The van der Waals surface area contributed by atoms with Gasteiger partial charge in [-0.15, -0.1) is 0 Å². The quantitative estimate of drug-likeness (QED) is 0.781. The molecule has 1 aliphatic rings. The van der Waals surface area contributed by atoms with Crippen LogP contribution in [0.1, 0.15) is 49.5 Å². The Kier molecular flexibility index (Phi) is 3.75. The molecule has 0 bridgehead atoms. The average Bonchev–Trinajstić information content (AvgIpc) is 2.29. The molecular formula is C14H16BrClO2. The van der Waals surface area contributed by atoms with Crippen molar-refractivity contribution in [2.75, 3.05) is 6.61 Å². The van der Waals surface area contributed by atoms with E-state index in [0.717, 1.165) is 22.0 Å². The molecule has 0 atom stereocenters. The predicted octanol–water partition coefficient (Wildman–Crippen LogP) is 4.76. The van der Waals surface area contributed by atoms with E-state index in [2.05, 4.69) is 29.8 Å². The van der Waals surface area contributed by atoms with Crippen LogP contribution >= 0.6 is 27.5 Å². The van der Waals surface area contributed by atoms with Gasteiger partial charge in [0.1, 0.15) is 0 Å². The molecule has 2 rings (SSSR count). The monoisotopic (exact) mass is 330 g/mol. The molecule has 1 aromatic carbocycles. The van der Waals surface area contributed by atoms with E-state index in [1.807, 2.05) is 13.0 Å². The third-order valence-electron chi connectivity index (χ3n) is 3.42. The molecular weight excluding hydrogens is 316 g/mol. The largest absolute Gasteiger partial charge is 0.491 e. The van der Waals surface area contributed by atoms with Crippen LogP contribution in [0, 0.1) is 0 Å². The number of hydrogen-bond donors (Lipinski definition) is 0. The Balaban J connectivity index is 2.71. The van der Waals surface area contributed by atoms with Gasteiger partial charge in [0, 0.05) is 12.0 Å². The summed E-state index contributed by atoms with van der Waals surface area (Å²) in [6.07, 6.45) is 1.41. The summed E-state index contributed by atoms with van der Waals surface area (Å²) in [6.45, 7) is 6.70. The average molecular weight is 332 g/mol. The topological polar surface area (TPSA) is 26.3 Å². The van der Waals surface area contributed by atoms with Crippen LogP contribution in [0.3, 0.4) is 0 Å². The highest BCUT2D eigenvalue weighted by Crippen LogP contribution is 2.47. The van der Waals surface area contributed by atoms with Gasteiger partial charge in [-0.3, -0.25) is 4.79 Å². The van der Waals surface area contributed by atoms with Crippen molar-refractivity contribution in [1.29, 1.82) is 0 Å². The number of halogens is 2. The summed E-state index contributed by atoms with van der Waals surface area (Å²) >= 11 is 9.88. The molecule has 1 aromatic rings. The molecule has 0 N–H and O–H groups in total. The summed E-state index contributed by atoms with van der Waals surface area (Å²) in [6, 6.07) is 1.84. The second-order valence-electron chi connectivity index (χ2n) is 5.16. The number of carbonyl (C=O) groups is 1. The Labute approximate surface area is 121 Å². The fraction of sp³-hybridized carbons (Fsp3) is 0.500. The number of hydrogen-bond acceptors (Lipinski definition) is 2. The van der Waals surface area contributed by atoms with E-state index in [1.165, 1.54) is 0 Å². The number of rotatable bonds is 2. The fourth-order valence-corrected chi connectivity index (χ4v) is 3.61. The highest BCUT2D eigenvalue weighted by atomic mass is 79.9. The minimum atomic E-state index is -0.0904. The Bertz CT molecular complexity index is 509. The lowest BCUT2D eigenvalue weighted by Crippen LogP contribution is -2.28. The van der Waals surface area contributed by atoms with Crippen LogP contribution in [0.5, 0.6) is 5.75 Å². The molecule has 0 amide bonds. The van der Waals surface area contributed by atoms with Gasteiger partial charge in [-0.2, -0.15) is 0 Å². The Morgan fingerprint density at radius 3 is 2.78 bits per heavy atom. The van der Waals surface area contributed by atoms with E-state index in [1.54, 1.807) is 0 Å².